The zero-order valence-corrected chi connectivity index (χ0v) is 22.7. The number of hydrogen-bond acceptors (Lipinski definition) is 7. The van der Waals surface area contributed by atoms with E-state index in [9.17, 15) is 14.9 Å². The molecule has 200 valence electrons. The first-order chi connectivity index (χ1) is 19.5. The van der Waals surface area contributed by atoms with E-state index in [2.05, 4.69) is 22.0 Å². The van der Waals surface area contributed by atoms with Crippen LogP contribution in [0.2, 0.25) is 0 Å². The number of anilines is 2. The van der Waals surface area contributed by atoms with Crippen LogP contribution in [0, 0.1) is 11.3 Å². The summed E-state index contributed by atoms with van der Waals surface area (Å²) in [5, 5.41) is 21.8. The fraction of sp³-hybridized carbons (Fsp3) is 0.129. The first-order valence-electron chi connectivity index (χ1n) is 12.5. The quantitative estimate of drug-likeness (QED) is 0.241. The number of furan rings is 1. The molecule has 2 heterocycles. The fourth-order valence-electron chi connectivity index (χ4n) is 4.70. The minimum absolute atomic E-state index is 0.0604. The molecule has 4 aromatic rings. The lowest BCUT2D eigenvalue weighted by Gasteiger charge is -2.29. The van der Waals surface area contributed by atoms with Crippen molar-refractivity contribution in [3.63, 3.8) is 0 Å². The van der Waals surface area contributed by atoms with Crippen molar-refractivity contribution in [3.05, 3.63) is 113 Å². The molecule has 9 heteroatoms. The highest BCUT2D eigenvalue weighted by Crippen LogP contribution is 2.41. The molecule has 40 heavy (non-hydrogen) atoms. The van der Waals surface area contributed by atoms with Crippen LogP contribution in [0.3, 0.4) is 0 Å². The molecular formula is C31H26N4O4S. The highest BCUT2D eigenvalue weighted by molar-refractivity contribution is 8.03. The number of rotatable bonds is 8. The Morgan fingerprint density at radius 2 is 1.77 bits per heavy atom. The molecule has 1 aromatic heterocycles. The number of ether oxygens (including phenoxy) is 1. The van der Waals surface area contributed by atoms with Crippen molar-refractivity contribution in [2.45, 2.75) is 12.8 Å². The number of nitrogens with one attached hydrogen (secondary N) is 3. The highest BCUT2D eigenvalue weighted by atomic mass is 32.2. The van der Waals surface area contributed by atoms with Crippen LogP contribution in [0.4, 0.5) is 11.4 Å². The van der Waals surface area contributed by atoms with Gasteiger partial charge in [0.1, 0.15) is 5.75 Å². The molecular weight excluding hydrogens is 524 g/mol. The Morgan fingerprint density at radius 1 is 1.02 bits per heavy atom. The van der Waals surface area contributed by atoms with Crippen molar-refractivity contribution in [3.8, 4) is 11.8 Å². The van der Waals surface area contributed by atoms with Gasteiger partial charge in [0.05, 0.1) is 53.7 Å². The lowest BCUT2D eigenvalue weighted by Crippen LogP contribution is -2.31. The molecule has 0 saturated heterocycles. The molecule has 5 rings (SSSR count). The molecule has 1 aliphatic heterocycles. The summed E-state index contributed by atoms with van der Waals surface area (Å²) >= 11 is 1.21. The summed E-state index contributed by atoms with van der Waals surface area (Å²) in [5.41, 5.74) is 3.13. The van der Waals surface area contributed by atoms with Gasteiger partial charge in [0.2, 0.25) is 5.91 Å². The van der Waals surface area contributed by atoms with Gasteiger partial charge in [0.15, 0.2) is 0 Å². The second-order valence-corrected chi connectivity index (χ2v) is 10.0. The number of thioether (sulfide) groups is 1. The summed E-state index contributed by atoms with van der Waals surface area (Å²) in [7, 11) is 1.53. The molecule has 0 fully saturated rings. The van der Waals surface area contributed by atoms with Crippen LogP contribution in [0.5, 0.6) is 5.75 Å². The van der Waals surface area contributed by atoms with E-state index in [0.717, 1.165) is 16.5 Å². The Hall–Kier alpha value is -4.94. The predicted octanol–water partition coefficient (Wildman–Crippen LogP) is 6.15. The number of allylic oxidation sites excluding steroid dienone is 2. The molecule has 0 saturated carbocycles. The van der Waals surface area contributed by atoms with Gasteiger partial charge < -0.3 is 25.1 Å². The van der Waals surface area contributed by atoms with Gasteiger partial charge in [-0.1, -0.05) is 60.3 Å². The maximum absolute atomic E-state index is 13.6. The molecule has 8 nitrogen and oxygen atoms in total. The van der Waals surface area contributed by atoms with E-state index in [4.69, 9.17) is 9.15 Å². The SMILES string of the molecule is COc1ccccc1NC(=O)C1=C(C)NC(SCC(=O)Nc2cccc3ccccc23)=C(C#N)[C@H]1c1ccoc1. The van der Waals surface area contributed by atoms with Crippen molar-refractivity contribution in [1.82, 2.24) is 5.32 Å². The van der Waals surface area contributed by atoms with Crippen molar-refractivity contribution in [2.75, 3.05) is 23.5 Å². The van der Waals surface area contributed by atoms with Gasteiger partial charge in [-0.3, -0.25) is 9.59 Å². The van der Waals surface area contributed by atoms with E-state index in [1.165, 1.54) is 31.4 Å². The van der Waals surface area contributed by atoms with Gasteiger partial charge in [0.25, 0.3) is 5.91 Å². The van der Waals surface area contributed by atoms with Gasteiger partial charge in [-0.15, -0.1) is 0 Å². The summed E-state index contributed by atoms with van der Waals surface area (Å²) < 4.78 is 10.7. The van der Waals surface area contributed by atoms with E-state index in [-0.39, 0.29) is 17.6 Å². The molecule has 3 aromatic carbocycles. The van der Waals surface area contributed by atoms with E-state index in [1.807, 2.05) is 48.5 Å². The van der Waals surface area contributed by atoms with Crippen molar-refractivity contribution >= 4 is 45.7 Å². The Balaban J connectivity index is 1.39. The van der Waals surface area contributed by atoms with Crippen LogP contribution in [0.25, 0.3) is 10.8 Å². The molecule has 0 radical (unpaired) electrons. The molecule has 3 N–H and O–H groups in total. The van der Waals surface area contributed by atoms with E-state index >= 15 is 0 Å². The van der Waals surface area contributed by atoms with E-state index < -0.39 is 5.92 Å². The second-order valence-electron chi connectivity index (χ2n) is 9.03. The minimum atomic E-state index is -0.691. The highest BCUT2D eigenvalue weighted by Gasteiger charge is 2.35. The maximum atomic E-state index is 13.6. The second kappa shape index (κ2) is 11.8. The lowest BCUT2D eigenvalue weighted by molar-refractivity contribution is -0.114. The third-order valence-electron chi connectivity index (χ3n) is 6.54. The van der Waals surface area contributed by atoms with Gasteiger partial charge in [-0.2, -0.15) is 5.26 Å². The van der Waals surface area contributed by atoms with Crippen molar-refractivity contribution in [1.29, 1.82) is 5.26 Å². The molecule has 0 unspecified atom stereocenters. The van der Waals surface area contributed by atoms with Crippen LogP contribution >= 0.6 is 11.8 Å². The number of nitriles is 1. The summed E-state index contributed by atoms with van der Waals surface area (Å²) in [4.78, 5) is 26.6. The standard InChI is InChI=1S/C31H26N4O4S/c1-19-28(30(37)35-25-11-5-6-13-26(25)38-2)29(21-14-15-39-17-21)23(16-32)31(33-19)40-18-27(36)34-24-12-7-9-20-8-3-4-10-22(20)24/h3-15,17,29,33H,18H2,1-2H3,(H,34,36)(H,35,37)/t29-/m1/s1. The Morgan fingerprint density at radius 3 is 2.55 bits per heavy atom. The summed E-state index contributed by atoms with van der Waals surface area (Å²) in [6.45, 7) is 1.77. The number of methoxy groups -OCH3 is 1. The third kappa shape index (κ3) is 5.44. The van der Waals surface area contributed by atoms with Crippen molar-refractivity contribution < 1.29 is 18.7 Å². The Kier molecular flexibility index (Phi) is 7.89. The lowest BCUT2D eigenvalue weighted by atomic mass is 9.83. The monoisotopic (exact) mass is 550 g/mol. The van der Waals surface area contributed by atoms with Crippen LogP contribution in [0.15, 0.2) is 112 Å². The van der Waals surface area contributed by atoms with Gasteiger partial charge in [-0.05, 0) is 36.6 Å². The predicted molar refractivity (Wildman–Crippen MR) is 157 cm³/mol. The van der Waals surface area contributed by atoms with E-state index in [0.29, 0.717) is 38.9 Å². The number of nitrogens with zero attached hydrogens (tertiary/aromatic N) is 1. The zero-order chi connectivity index (χ0) is 28.1. The van der Waals surface area contributed by atoms with Crippen LogP contribution < -0.4 is 20.7 Å². The van der Waals surface area contributed by atoms with Gasteiger partial charge in [0, 0.05) is 27.9 Å². The Labute approximate surface area is 235 Å². The topological polar surface area (TPSA) is 116 Å². The number of amides is 2. The first-order valence-corrected chi connectivity index (χ1v) is 13.5. The van der Waals surface area contributed by atoms with Crippen LogP contribution in [-0.2, 0) is 9.59 Å². The van der Waals surface area contributed by atoms with Gasteiger partial charge >= 0.3 is 0 Å². The number of hydrogen-bond donors (Lipinski definition) is 3. The molecule has 1 atom stereocenters. The zero-order valence-electron chi connectivity index (χ0n) is 21.9. The maximum Gasteiger partial charge on any atom is 0.254 e. The number of carbonyl (C=O) groups is 2. The smallest absolute Gasteiger partial charge is 0.254 e. The van der Waals surface area contributed by atoms with E-state index in [1.54, 1.807) is 31.2 Å². The van der Waals surface area contributed by atoms with Crippen LogP contribution in [0.1, 0.15) is 18.4 Å². The average molecular weight is 551 g/mol. The summed E-state index contributed by atoms with van der Waals surface area (Å²) in [5.74, 6) is -0.712. The fourth-order valence-corrected chi connectivity index (χ4v) is 5.59. The summed E-state index contributed by atoms with van der Waals surface area (Å²) in [6, 6.07) is 24.7. The molecule has 1 aliphatic rings. The third-order valence-corrected chi connectivity index (χ3v) is 7.55. The van der Waals surface area contributed by atoms with Gasteiger partial charge in [-0.25, -0.2) is 0 Å². The molecule has 0 bridgehead atoms. The minimum Gasteiger partial charge on any atom is -0.495 e. The normalized spacial score (nSPS) is 14.9. The largest absolute Gasteiger partial charge is 0.495 e. The van der Waals surface area contributed by atoms with Crippen LogP contribution in [-0.4, -0.2) is 24.7 Å². The number of carbonyl (C=O) groups excluding carboxylic acids is 2. The first kappa shape index (κ1) is 26.7. The molecule has 2 amide bonds. The number of benzene rings is 3. The molecule has 0 aliphatic carbocycles. The summed E-state index contributed by atoms with van der Waals surface area (Å²) in [6.07, 6.45) is 3.02. The van der Waals surface area contributed by atoms with Crippen molar-refractivity contribution in [2.24, 2.45) is 0 Å². The molecule has 0 spiro atoms. The number of dihydropyridines is 1. The number of para-hydroxylation sites is 2. The number of fused-ring (bicyclic) bond motifs is 1. The average Bonchev–Trinajstić information content (AvgIpc) is 3.51. The Bertz CT molecular complexity index is 1680.